The Kier molecular flexibility index (Phi) is 5.15. The number of halogens is 3. The normalized spacial score (nSPS) is 11.3. The maximum Gasteiger partial charge on any atom is 0.401 e. The van der Waals surface area contributed by atoms with E-state index in [9.17, 15) is 18.0 Å². The molecule has 0 unspecified atom stereocenters. The predicted molar refractivity (Wildman–Crippen MR) is 62.0 cm³/mol. The van der Waals surface area contributed by atoms with Crippen molar-refractivity contribution in [1.29, 1.82) is 0 Å². The highest BCUT2D eigenvalue weighted by atomic mass is 19.4. The molecule has 0 radical (unpaired) electrons. The summed E-state index contributed by atoms with van der Waals surface area (Å²) in [5, 5.41) is 4.58. The Morgan fingerprint density at radius 3 is 2.67 bits per heavy atom. The topological polar surface area (TPSA) is 41.1 Å². The van der Waals surface area contributed by atoms with Crippen molar-refractivity contribution in [2.45, 2.75) is 19.6 Å². The summed E-state index contributed by atoms with van der Waals surface area (Å²) in [6.07, 6.45) is -4.29. The molecule has 1 aromatic rings. The minimum absolute atomic E-state index is 0.314. The zero-order chi connectivity index (χ0) is 13.6. The zero-order valence-corrected chi connectivity index (χ0v) is 9.97. The molecular formula is C12H15F3N2O. The quantitative estimate of drug-likeness (QED) is 0.847. The van der Waals surface area contributed by atoms with Gasteiger partial charge in [0.15, 0.2) is 0 Å². The van der Waals surface area contributed by atoms with Crippen LogP contribution in [-0.2, 0) is 11.3 Å². The first-order valence-electron chi connectivity index (χ1n) is 5.46. The average Bonchev–Trinajstić information content (AvgIpc) is 2.25. The molecular weight excluding hydrogens is 245 g/mol. The monoisotopic (exact) mass is 260 g/mol. The van der Waals surface area contributed by atoms with Crippen molar-refractivity contribution in [3.63, 3.8) is 0 Å². The van der Waals surface area contributed by atoms with Crippen LogP contribution in [0.2, 0.25) is 0 Å². The highest BCUT2D eigenvalue weighted by Crippen LogP contribution is 2.11. The molecule has 18 heavy (non-hydrogen) atoms. The van der Waals surface area contributed by atoms with Gasteiger partial charge < -0.3 is 10.6 Å². The van der Waals surface area contributed by atoms with E-state index in [4.69, 9.17) is 0 Å². The first-order valence-corrected chi connectivity index (χ1v) is 5.46. The van der Waals surface area contributed by atoms with Crippen molar-refractivity contribution >= 4 is 5.91 Å². The van der Waals surface area contributed by atoms with E-state index in [0.717, 1.165) is 11.1 Å². The van der Waals surface area contributed by atoms with Crippen LogP contribution in [-0.4, -0.2) is 25.2 Å². The minimum Gasteiger partial charge on any atom is -0.351 e. The maximum atomic E-state index is 11.8. The third-order valence-electron chi connectivity index (χ3n) is 2.18. The van der Waals surface area contributed by atoms with Crippen LogP contribution in [0, 0.1) is 6.92 Å². The number of rotatable bonds is 5. The summed E-state index contributed by atoms with van der Waals surface area (Å²) in [5.41, 5.74) is 1.98. The number of benzene rings is 1. The second-order valence-corrected chi connectivity index (χ2v) is 3.98. The number of hydrogen-bond donors (Lipinski definition) is 2. The van der Waals surface area contributed by atoms with E-state index >= 15 is 0 Å². The molecule has 0 atom stereocenters. The molecule has 0 aromatic heterocycles. The molecule has 0 heterocycles. The lowest BCUT2D eigenvalue weighted by atomic mass is 10.1. The Bertz CT molecular complexity index is 405. The zero-order valence-electron chi connectivity index (χ0n) is 9.97. The van der Waals surface area contributed by atoms with Crippen LogP contribution in [0.1, 0.15) is 11.1 Å². The van der Waals surface area contributed by atoms with Gasteiger partial charge in [-0.05, 0) is 12.5 Å². The van der Waals surface area contributed by atoms with E-state index in [0.29, 0.717) is 6.54 Å². The summed E-state index contributed by atoms with van der Waals surface area (Å²) >= 11 is 0. The third kappa shape index (κ3) is 6.24. The summed E-state index contributed by atoms with van der Waals surface area (Å²) in [5.74, 6) is -0.458. The smallest absolute Gasteiger partial charge is 0.351 e. The summed E-state index contributed by atoms with van der Waals surface area (Å²) in [7, 11) is 0. The third-order valence-corrected chi connectivity index (χ3v) is 2.18. The molecule has 0 fully saturated rings. The molecule has 100 valence electrons. The number of hydrogen-bond acceptors (Lipinski definition) is 2. The Labute approximate surface area is 103 Å². The van der Waals surface area contributed by atoms with Gasteiger partial charge in [-0.2, -0.15) is 13.2 Å². The van der Waals surface area contributed by atoms with Crippen LogP contribution < -0.4 is 10.6 Å². The van der Waals surface area contributed by atoms with Gasteiger partial charge in [-0.15, -0.1) is 0 Å². The average molecular weight is 260 g/mol. The number of carbonyl (C=O) groups excluding carboxylic acids is 1. The fourth-order valence-corrected chi connectivity index (χ4v) is 1.40. The molecule has 2 N–H and O–H groups in total. The van der Waals surface area contributed by atoms with Gasteiger partial charge in [0.1, 0.15) is 0 Å². The molecule has 0 bridgehead atoms. The maximum absolute atomic E-state index is 11.8. The van der Waals surface area contributed by atoms with E-state index in [-0.39, 0.29) is 6.54 Å². The summed E-state index contributed by atoms with van der Waals surface area (Å²) < 4.78 is 35.4. The Morgan fingerprint density at radius 1 is 1.33 bits per heavy atom. The molecule has 6 heteroatoms. The van der Waals surface area contributed by atoms with Gasteiger partial charge in [0.05, 0.1) is 13.1 Å². The van der Waals surface area contributed by atoms with E-state index in [1.54, 1.807) is 0 Å². The van der Waals surface area contributed by atoms with Crippen LogP contribution >= 0.6 is 0 Å². The minimum atomic E-state index is -4.29. The van der Waals surface area contributed by atoms with Crippen molar-refractivity contribution < 1.29 is 18.0 Å². The van der Waals surface area contributed by atoms with Gasteiger partial charge in [0, 0.05) is 6.54 Å². The van der Waals surface area contributed by atoms with E-state index in [2.05, 4.69) is 5.32 Å². The largest absolute Gasteiger partial charge is 0.401 e. The Balaban J connectivity index is 2.25. The van der Waals surface area contributed by atoms with Gasteiger partial charge in [-0.25, -0.2) is 0 Å². The van der Waals surface area contributed by atoms with Crippen molar-refractivity contribution in [2.24, 2.45) is 0 Å². The van der Waals surface area contributed by atoms with Gasteiger partial charge in [-0.3, -0.25) is 4.79 Å². The summed E-state index contributed by atoms with van der Waals surface area (Å²) in [4.78, 5) is 11.2. The van der Waals surface area contributed by atoms with Gasteiger partial charge in [0.25, 0.3) is 0 Å². The fraction of sp³-hybridized carbons (Fsp3) is 0.417. The standard InChI is InChI=1S/C12H15F3N2O/c1-9-3-2-4-10(5-9)6-17-11(18)7-16-8-12(13,14)15/h2-5,16H,6-8H2,1H3,(H,17,18). The van der Waals surface area contributed by atoms with Crippen LogP contribution in [0.5, 0.6) is 0 Å². The number of amides is 1. The second kappa shape index (κ2) is 6.39. The molecule has 0 aliphatic heterocycles. The molecule has 3 nitrogen and oxygen atoms in total. The molecule has 1 amide bonds. The molecule has 0 aliphatic carbocycles. The van der Waals surface area contributed by atoms with Crippen molar-refractivity contribution in [2.75, 3.05) is 13.1 Å². The van der Waals surface area contributed by atoms with Crippen LogP contribution in [0.3, 0.4) is 0 Å². The van der Waals surface area contributed by atoms with Crippen LogP contribution in [0.25, 0.3) is 0 Å². The number of aryl methyl sites for hydroxylation is 1. The predicted octanol–water partition coefficient (Wildman–Crippen LogP) is 1.76. The first kappa shape index (κ1) is 14.5. The van der Waals surface area contributed by atoms with Crippen molar-refractivity contribution in [3.8, 4) is 0 Å². The van der Waals surface area contributed by atoms with Crippen molar-refractivity contribution in [3.05, 3.63) is 35.4 Å². The van der Waals surface area contributed by atoms with E-state index in [1.807, 2.05) is 36.5 Å². The molecule has 0 saturated carbocycles. The number of alkyl halides is 3. The second-order valence-electron chi connectivity index (χ2n) is 3.98. The summed E-state index contributed by atoms with van der Waals surface area (Å²) in [6, 6.07) is 7.54. The number of carbonyl (C=O) groups is 1. The molecule has 0 aliphatic rings. The lowest BCUT2D eigenvalue weighted by Crippen LogP contribution is -2.38. The summed E-state index contributed by atoms with van der Waals surface area (Å²) in [6.45, 7) is 0.737. The highest BCUT2D eigenvalue weighted by molar-refractivity contribution is 5.77. The van der Waals surface area contributed by atoms with E-state index in [1.165, 1.54) is 0 Å². The molecule has 1 aromatic carbocycles. The van der Waals surface area contributed by atoms with Gasteiger partial charge in [-0.1, -0.05) is 29.8 Å². The Morgan fingerprint density at radius 2 is 2.06 bits per heavy atom. The SMILES string of the molecule is Cc1cccc(CNC(=O)CNCC(F)(F)F)c1. The van der Waals surface area contributed by atoms with Gasteiger partial charge in [0.2, 0.25) is 5.91 Å². The van der Waals surface area contributed by atoms with Crippen LogP contribution in [0.15, 0.2) is 24.3 Å². The lowest BCUT2D eigenvalue weighted by molar-refractivity contribution is -0.128. The Hall–Kier alpha value is -1.56. The molecule has 0 saturated heterocycles. The molecule has 1 rings (SSSR count). The highest BCUT2D eigenvalue weighted by Gasteiger charge is 2.26. The number of nitrogens with one attached hydrogen (secondary N) is 2. The van der Waals surface area contributed by atoms with Crippen molar-refractivity contribution in [1.82, 2.24) is 10.6 Å². The molecule has 0 spiro atoms. The van der Waals surface area contributed by atoms with Crippen LogP contribution in [0.4, 0.5) is 13.2 Å². The lowest BCUT2D eigenvalue weighted by Gasteiger charge is -2.09. The first-order chi connectivity index (χ1) is 8.37. The fourth-order valence-electron chi connectivity index (χ4n) is 1.40. The van der Waals surface area contributed by atoms with Gasteiger partial charge >= 0.3 is 6.18 Å². The van der Waals surface area contributed by atoms with E-state index < -0.39 is 18.6 Å².